The van der Waals surface area contributed by atoms with Gasteiger partial charge in [-0.3, -0.25) is 4.79 Å². The monoisotopic (exact) mass is 367 g/mol. The molecule has 1 aromatic rings. The number of alkyl halides is 1. The van der Waals surface area contributed by atoms with E-state index < -0.39 is 0 Å². The lowest BCUT2D eigenvalue weighted by molar-refractivity contribution is 0.0950. The molecule has 1 amide bonds. The van der Waals surface area contributed by atoms with Crippen LogP contribution in [0.2, 0.25) is 5.02 Å². The van der Waals surface area contributed by atoms with Gasteiger partial charge < -0.3 is 10.4 Å². The highest BCUT2D eigenvalue weighted by Gasteiger charge is 2.10. The van der Waals surface area contributed by atoms with E-state index >= 15 is 0 Å². The first-order valence-electron chi connectivity index (χ1n) is 5.48. The quantitative estimate of drug-likeness (QED) is 0.460. The van der Waals surface area contributed by atoms with Crippen molar-refractivity contribution >= 4 is 40.1 Å². The molecule has 17 heavy (non-hydrogen) atoms. The van der Waals surface area contributed by atoms with Crippen LogP contribution in [0.1, 0.15) is 29.6 Å². The molecule has 0 radical (unpaired) electrons. The second-order valence-corrected chi connectivity index (χ2v) is 5.18. The first kappa shape index (κ1) is 14.6. The summed E-state index contributed by atoms with van der Waals surface area (Å²) in [6.45, 7) is 0.626. The fraction of sp³-hybridized carbons (Fsp3) is 0.417. The SMILES string of the molecule is O=C(NCCCCCI)c1cc(Cl)ccc1O. The predicted octanol–water partition coefficient (Wildman–Crippen LogP) is 3.38. The van der Waals surface area contributed by atoms with Crippen LogP contribution < -0.4 is 5.32 Å². The van der Waals surface area contributed by atoms with Gasteiger partial charge in [0.15, 0.2) is 0 Å². The van der Waals surface area contributed by atoms with Gasteiger partial charge in [-0.15, -0.1) is 0 Å². The van der Waals surface area contributed by atoms with E-state index in [1.54, 1.807) is 6.07 Å². The third-order valence-electron chi connectivity index (χ3n) is 2.30. The van der Waals surface area contributed by atoms with Crippen LogP contribution >= 0.6 is 34.2 Å². The van der Waals surface area contributed by atoms with E-state index in [1.165, 1.54) is 18.6 Å². The standard InChI is InChI=1S/C12H15ClINO2/c13-9-4-5-11(16)10(8-9)12(17)15-7-3-1-2-6-14/h4-5,8,16H,1-3,6-7H2,(H,15,17). The number of amides is 1. The van der Waals surface area contributed by atoms with Gasteiger partial charge in [0.1, 0.15) is 5.75 Å². The zero-order chi connectivity index (χ0) is 12.7. The van der Waals surface area contributed by atoms with Crippen molar-refractivity contribution in [2.75, 3.05) is 11.0 Å². The van der Waals surface area contributed by atoms with Crippen molar-refractivity contribution in [2.45, 2.75) is 19.3 Å². The van der Waals surface area contributed by atoms with Crippen molar-refractivity contribution in [3.8, 4) is 5.75 Å². The molecule has 0 saturated carbocycles. The smallest absolute Gasteiger partial charge is 0.255 e. The molecule has 94 valence electrons. The zero-order valence-electron chi connectivity index (χ0n) is 9.38. The molecule has 0 saturated heterocycles. The Morgan fingerprint density at radius 2 is 2.12 bits per heavy atom. The Balaban J connectivity index is 2.44. The van der Waals surface area contributed by atoms with Gasteiger partial charge in [0.25, 0.3) is 5.91 Å². The second-order valence-electron chi connectivity index (χ2n) is 3.67. The van der Waals surface area contributed by atoms with Crippen molar-refractivity contribution in [1.82, 2.24) is 5.32 Å². The average molecular weight is 368 g/mol. The molecule has 3 nitrogen and oxygen atoms in total. The zero-order valence-corrected chi connectivity index (χ0v) is 12.3. The summed E-state index contributed by atoms with van der Waals surface area (Å²) in [5.41, 5.74) is 0.228. The molecule has 0 bridgehead atoms. The lowest BCUT2D eigenvalue weighted by atomic mass is 10.2. The summed E-state index contributed by atoms with van der Waals surface area (Å²) in [6.07, 6.45) is 3.22. The van der Waals surface area contributed by atoms with Crippen LogP contribution in [-0.4, -0.2) is 22.0 Å². The summed E-state index contributed by atoms with van der Waals surface area (Å²) in [5, 5.41) is 12.7. The molecule has 0 aromatic heterocycles. The van der Waals surface area contributed by atoms with Gasteiger partial charge in [-0.05, 0) is 35.5 Å². The number of unbranched alkanes of at least 4 members (excludes halogenated alkanes) is 2. The summed E-state index contributed by atoms with van der Waals surface area (Å²) in [4.78, 5) is 11.7. The highest BCUT2D eigenvalue weighted by molar-refractivity contribution is 14.1. The number of phenolic OH excluding ortho intramolecular Hbond substituents is 1. The third kappa shape index (κ3) is 5.12. The number of halogens is 2. The number of hydrogen-bond donors (Lipinski definition) is 2. The summed E-state index contributed by atoms with van der Waals surface area (Å²) < 4.78 is 1.14. The van der Waals surface area contributed by atoms with Crippen LogP contribution in [0, 0.1) is 0 Å². The summed E-state index contributed by atoms with van der Waals surface area (Å²) in [5.74, 6) is -0.321. The molecular formula is C12H15ClINO2. The summed E-state index contributed by atoms with van der Waals surface area (Å²) >= 11 is 8.11. The van der Waals surface area contributed by atoms with Crippen LogP contribution in [0.3, 0.4) is 0 Å². The molecule has 0 aliphatic heterocycles. The van der Waals surface area contributed by atoms with Gasteiger partial charge >= 0.3 is 0 Å². The number of aromatic hydroxyl groups is 1. The Morgan fingerprint density at radius 3 is 2.82 bits per heavy atom. The Hall–Kier alpha value is -0.490. The molecule has 0 heterocycles. The molecule has 1 aromatic carbocycles. The number of carbonyl (C=O) groups is 1. The molecule has 0 spiro atoms. The van der Waals surface area contributed by atoms with Gasteiger partial charge in [-0.2, -0.15) is 0 Å². The normalized spacial score (nSPS) is 10.2. The average Bonchev–Trinajstić information content (AvgIpc) is 2.32. The largest absolute Gasteiger partial charge is 0.507 e. The number of hydrogen-bond acceptors (Lipinski definition) is 2. The van der Waals surface area contributed by atoms with Crippen LogP contribution in [0.25, 0.3) is 0 Å². The molecule has 5 heteroatoms. The summed E-state index contributed by atoms with van der Waals surface area (Å²) in [7, 11) is 0. The van der Waals surface area contributed by atoms with Crippen molar-refractivity contribution in [2.24, 2.45) is 0 Å². The van der Waals surface area contributed by atoms with Gasteiger partial charge in [0, 0.05) is 11.6 Å². The van der Waals surface area contributed by atoms with E-state index in [-0.39, 0.29) is 17.2 Å². The van der Waals surface area contributed by atoms with Gasteiger partial charge in [-0.1, -0.05) is 40.6 Å². The van der Waals surface area contributed by atoms with Crippen LogP contribution in [0.15, 0.2) is 18.2 Å². The van der Waals surface area contributed by atoms with Gasteiger partial charge in [-0.25, -0.2) is 0 Å². The van der Waals surface area contributed by atoms with E-state index in [9.17, 15) is 9.90 Å². The highest BCUT2D eigenvalue weighted by atomic mass is 127. The first-order chi connectivity index (χ1) is 8.15. The predicted molar refractivity (Wildman–Crippen MR) is 78.2 cm³/mol. The van der Waals surface area contributed by atoms with E-state index in [4.69, 9.17) is 11.6 Å². The number of phenols is 1. The van der Waals surface area contributed by atoms with E-state index in [0.717, 1.165) is 17.3 Å². The minimum atomic E-state index is -0.278. The van der Waals surface area contributed by atoms with Crippen molar-refractivity contribution in [3.63, 3.8) is 0 Å². The molecule has 0 aliphatic rings. The fourth-order valence-corrected chi connectivity index (χ4v) is 2.10. The Morgan fingerprint density at radius 1 is 1.35 bits per heavy atom. The number of carbonyl (C=O) groups excluding carboxylic acids is 1. The van der Waals surface area contributed by atoms with Gasteiger partial charge in [0.2, 0.25) is 0 Å². The van der Waals surface area contributed by atoms with Crippen molar-refractivity contribution in [1.29, 1.82) is 0 Å². The van der Waals surface area contributed by atoms with Crippen LogP contribution in [-0.2, 0) is 0 Å². The van der Waals surface area contributed by atoms with Crippen molar-refractivity contribution < 1.29 is 9.90 Å². The Labute approximate surface area is 120 Å². The maximum absolute atomic E-state index is 11.7. The number of nitrogens with one attached hydrogen (secondary N) is 1. The minimum absolute atomic E-state index is 0.0424. The molecule has 2 N–H and O–H groups in total. The lowest BCUT2D eigenvalue weighted by Crippen LogP contribution is -2.24. The second kappa shape index (κ2) is 7.76. The van der Waals surface area contributed by atoms with E-state index in [2.05, 4.69) is 27.9 Å². The molecule has 1 rings (SSSR count). The Kier molecular flexibility index (Phi) is 6.65. The highest BCUT2D eigenvalue weighted by Crippen LogP contribution is 2.21. The van der Waals surface area contributed by atoms with E-state index in [1.807, 2.05) is 0 Å². The molecule has 0 fully saturated rings. The Bertz CT molecular complexity index is 385. The van der Waals surface area contributed by atoms with Crippen LogP contribution in [0.4, 0.5) is 0 Å². The number of rotatable bonds is 6. The third-order valence-corrected chi connectivity index (χ3v) is 3.30. The lowest BCUT2D eigenvalue weighted by Gasteiger charge is -2.06. The maximum atomic E-state index is 11.7. The van der Waals surface area contributed by atoms with Crippen molar-refractivity contribution in [3.05, 3.63) is 28.8 Å². The topological polar surface area (TPSA) is 49.3 Å². The summed E-state index contributed by atoms with van der Waals surface area (Å²) in [6, 6.07) is 4.44. The molecule has 0 atom stereocenters. The van der Waals surface area contributed by atoms with Gasteiger partial charge in [0.05, 0.1) is 5.56 Å². The van der Waals surface area contributed by atoms with E-state index in [0.29, 0.717) is 11.6 Å². The molecule has 0 aliphatic carbocycles. The molecule has 0 unspecified atom stereocenters. The van der Waals surface area contributed by atoms with Crippen LogP contribution in [0.5, 0.6) is 5.75 Å². The maximum Gasteiger partial charge on any atom is 0.255 e. The first-order valence-corrected chi connectivity index (χ1v) is 7.38. The molecular weight excluding hydrogens is 352 g/mol. The number of benzene rings is 1. The minimum Gasteiger partial charge on any atom is -0.507 e. The fourth-order valence-electron chi connectivity index (χ4n) is 1.38.